The van der Waals surface area contributed by atoms with Gasteiger partial charge in [-0.15, -0.1) is 0 Å². The van der Waals surface area contributed by atoms with Gasteiger partial charge in [0.15, 0.2) is 5.52 Å². The van der Waals surface area contributed by atoms with Crippen molar-refractivity contribution in [3.63, 3.8) is 0 Å². The van der Waals surface area contributed by atoms with Gasteiger partial charge in [-0.05, 0) is 42.7 Å². The summed E-state index contributed by atoms with van der Waals surface area (Å²) in [6.45, 7) is 4.00. The van der Waals surface area contributed by atoms with E-state index in [4.69, 9.17) is 0 Å². The maximum Gasteiger partial charge on any atom is 0.332 e. The minimum absolute atomic E-state index is 0.0623. The third-order valence-electron chi connectivity index (χ3n) is 5.49. The number of carbonyl (C=O) groups excluding carboxylic acids is 1. The Bertz CT molecular complexity index is 1430. The van der Waals surface area contributed by atoms with Crippen LogP contribution in [0.1, 0.15) is 25.0 Å². The third kappa shape index (κ3) is 4.48. The van der Waals surface area contributed by atoms with Gasteiger partial charge in [-0.2, -0.15) is 5.10 Å². The zero-order valence-electron chi connectivity index (χ0n) is 18.4. The molecule has 2 aromatic carbocycles. The second-order valence-electron chi connectivity index (χ2n) is 7.66. The molecule has 8 nitrogen and oxygen atoms in total. The van der Waals surface area contributed by atoms with Crippen molar-refractivity contribution in [2.24, 2.45) is 0 Å². The van der Waals surface area contributed by atoms with Crippen molar-refractivity contribution in [2.45, 2.75) is 39.9 Å². The highest BCUT2D eigenvalue weighted by molar-refractivity contribution is 5.92. The van der Waals surface area contributed by atoms with Crippen LogP contribution in [0, 0.1) is 5.82 Å². The first-order valence-corrected chi connectivity index (χ1v) is 10.7. The van der Waals surface area contributed by atoms with Crippen molar-refractivity contribution in [3.8, 4) is 0 Å². The zero-order valence-corrected chi connectivity index (χ0v) is 18.4. The molecule has 0 saturated heterocycles. The molecule has 0 bridgehead atoms. The SMILES string of the molecule is CCc1ccccc1NC(=O)Cn1c(=O)n(Cc2ccc(F)cc2)c(=O)c2nn(CC)cc21. The second kappa shape index (κ2) is 9.23. The van der Waals surface area contributed by atoms with Gasteiger partial charge in [-0.1, -0.05) is 37.3 Å². The van der Waals surface area contributed by atoms with Crippen LogP contribution in [-0.4, -0.2) is 24.8 Å². The fraction of sp³-hybridized carbons (Fsp3) is 0.250. The summed E-state index contributed by atoms with van der Waals surface area (Å²) in [5, 5.41) is 7.16. The van der Waals surface area contributed by atoms with Crippen molar-refractivity contribution in [3.05, 3.63) is 92.5 Å². The maximum absolute atomic E-state index is 13.3. The van der Waals surface area contributed by atoms with Crippen molar-refractivity contribution in [1.29, 1.82) is 0 Å². The van der Waals surface area contributed by atoms with Gasteiger partial charge in [0.1, 0.15) is 12.4 Å². The quantitative estimate of drug-likeness (QED) is 0.470. The highest BCUT2D eigenvalue weighted by Gasteiger charge is 2.19. The number of carbonyl (C=O) groups is 1. The van der Waals surface area contributed by atoms with Crippen molar-refractivity contribution >= 4 is 22.6 Å². The van der Waals surface area contributed by atoms with Crippen LogP contribution < -0.4 is 16.6 Å². The summed E-state index contributed by atoms with van der Waals surface area (Å²) in [7, 11) is 0. The van der Waals surface area contributed by atoms with E-state index >= 15 is 0 Å². The van der Waals surface area contributed by atoms with E-state index in [1.54, 1.807) is 16.9 Å². The molecule has 0 aliphatic heterocycles. The van der Waals surface area contributed by atoms with Crippen LogP contribution in [0.15, 0.2) is 64.3 Å². The molecule has 0 aliphatic rings. The van der Waals surface area contributed by atoms with Gasteiger partial charge in [0, 0.05) is 18.4 Å². The maximum atomic E-state index is 13.3. The lowest BCUT2D eigenvalue weighted by atomic mass is 10.1. The number of hydrogen-bond acceptors (Lipinski definition) is 4. The number of fused-ring (bicyclic) bond motifs is 1. The minimum Gasteiger partial charge on any atom is -0.324 e. The zero-order chi connectivity index (χ0) is 23.5. The van der Waals surface area contributed by atoms with Gasteiger partial charge >= 0.3 is 5.69 Å². The molecule has 0 unspecified atom stereocenters. The molecule has 0 atom stereocenters. The van der Waals surface area contributed by atoms with Gasteiger partial charge < -0.3 is 5.32 Å². The van der Waals surface area contributed by atoms with Crippen LogP contribution in [0.2, 0.25) is 0 Å². The number of aryl methyl sites for hydroxylation is 2. The van der Waals surface area contributed by atoms with E-state index in [9.17, 15) is 18.8 Å². The number of amides is 1. The van der Waals surface area contributed by atoms with Crippen LogP contribution in [0.4, 0.5) is 10.1 Å². The monoisotopic (exact) mass is 449 g/mol. The Morgan fingerprint density at radius 3 is 2.45 bits per heavy atom. The Hall–Kier alpha value is -4.01. The Morgan fingerprint density at radius 2 is 1.76 bits per heavy atom. The Morgan fingerprint density at radius 1 is 1.03 bits per heavy atom. The first-order chi connectivity index (χ1) is 15.9. The predicted molar refractivity (Wildman–Crippen MR) is 124 cm³/mol. The van der Waals surface area contributed by atoms with Crippen molar-refractivity contribution < 1.29 is 9.18 Å². The van der Waals surface area contributed by atoms with Crippen LogP contribution in [-0.2, 0) is 30.8 Å². The average Bonchev–Trinajstić information content (AvgIpc) is 3.26. The molecule has 2 aromatic heterocycles. The van der Waals surface area contributed by atoms with E-state index < -0.39 is 23.0 Å². The molecule has 4 rings (SSSR count). The summed E-state index contributed by atoms with van der Waals surface area (Å²) in [5.74, 6) is -0.805. The van der Waals surface area contributed by atoms with E-state index in [2.05, 4.69) is 10.4 Å². The normalized spacial score (nSPS) is 11.1. The Balaban J connectivity index is 1.76. The molecule has 1 amide bonds. The highest BCUT2D eigenvalue weighted by atomic mass is 19.1. The number of anilines is 1. The molecule has 0 saturated carbocycles. The number of benzene rings is 2. The van der Waals surface area contributed by atoms with Crippen molar-refractivity contribution in [1.82, 2.24) is 18.9 Å². The standard InChI is InChI=1S/C24H24FN5O3/c1-3-17-7-5-6-8-19(17)26-21(31)15-29-20-14-28(4-2)27-22(20)23(32)30(24(29)33)13-16-9-11-18(25)12-10-16/h5-12,14H,3-4,13,15H2,1-2H3,(H,26,31). The number of aromatic nitrogens is 4. The van der Waals surface area contributed by atoms with E-state index in [0.29, 0.717) is 23.3 Å². The number of hydrogen-bond donors (Lipinski definition) is 1. The van der Waals surface area contributed by atoms with E-state index in [1.165, 1.54) is 28.8 Å². The van der Waals surface area contributed by atoms with Crippen LogP contribution >= 0.6 is 0 Å². The van der Waals surface area contributed by atoms with E-state index in [0.717, 1.165) is 16.6 Å². The number of halogens is 1. The molecule has 33 heavy (non-hydrogen) atoms. The van der Waals surface area contributed by atoms with Crippen LogP contribution in [0.3, 0.4) is 0 Å². The number of nitrogens with zero attached hydrogens (tertiary/aromatic N) is 4. The number of para-hydroxylation sites is 1. The van der Waals surface area contributed by atoms with Gasteiger partial charge in [0.25, 0.3) is 5.56 Å². The first-order valence-electron chi connectivity index (χ1n) is 10.7. The Kier molecular flexibility index (Phi) is 6.21. The molecule has 170 valence electrons. The molecule has 4 aromatic rings. The predicted octanol–water partition coefficient (Wildman–Crippen LogP) is 2.77. The fourth-order valence-electron chi connectivity index (χ4n) is 3.73. The molecule has 0 radical (unpaired) electrons. The third-order valence-corrected chi connectivity index (χ3v) is 5.49. The van der Waals surface area contributed by atoms with Crippen LogP contribution in [0.25, 0.3) is 11.0 Å². The van der Waals surface area contributed by atoms with Crippen molar-refractivity contribution in [2.75, 3.05) is 5.32 Å². The van der Waals surface area contributed by atoms with Gasteiger partial charge in [-0.3, -0.25) is 23.4 Å². The lowest BCUT2D eigenvalue weighted by Gasteiger charge is -2.13. The summed E-state index contributed by atoms with van der Waals surface area (Å²) in [6.07, 6.45) is 2.33. The van der Waals surface area contributed by atoms with Crippen LogP contribution in [0.5, 0.6) is 0 Å². The molecular weight excluding hydrogens is 425 g/mol. The summed E-state index contributed by atoms with van der Waals surface area (Å²) < 4.78 is 17.1. The first kappa shape index (κ1) is 22.2. The summed E-state index contributed by atoms with van der Waals surface area (Å²) >= 11 is 0. The molecule has 0 fully saturated rings. The lowest BCUT2D eigenvalue weighted by Crippen LogP contribution is -2.41. The Labute approximate surface area is 188 Å². The van der Waals surface area contributed by atoms with Gasteiger partial charge in [-0.25, -0.2) is 9.18 Å². The lowest BCUT2D eigenvalue weighted by molar-refractivity contribution is -0.116. The number of rotatable bonds is 7. The van der Waals surface area contributed by atoms with Gasteiger partial charge in [0.05, 0.1) is 12.1 Å². The number of nitrogens with one attached hydrogen (secondary N) is 1. The minimum atomic E-state index is -0.633. The summed E-state index contributed by atoms with van der Waals surface area (Å²) in [4.78, 5) is 39.3. The molecule has 0 spiro atoms. The molecule has 1 N–H and O–H groups in total. The molecular formula is C24H24FN5O3. The smallest absolute Gasteiger partial charge is 0.324 e. The second-order valence-corrected chi connectivity index (χ2v) is 7.66. The largest absolute Gasteiger partial charge is 0.332 e. The van der Waals surface area contributed by atoms with Gasteiger partial charge in [0.2, 0.25) is 5.91 Å². The summed E-state index contributed by atoms with van der Waals surface area (Å²) in [6, 6.07) is 13.0. The van der Waals surface area contributed by atoms with E-state index in [1.807, 2.05) is 32.0 Å². The van der Waals surface area contributed by atoms with E-state index in [-0.39, 0.29) is 18.6 Å². The highest BCUT2D eigenvalue weighted by Crippen LogP contribution is 2.16. The fourth-order valence-corrected chi connectivity index (χ4v) is 3.73. The summed E-state index contributed by atoms with van der Waals surface area (Å²) in [5.41, 5.74) is 1.44. The average molecular weight is 449 g/mol. The topological polar surface area (TPSA) is 90.9 Å². The molecule has 0 aliphatic carbocycles. The molecule has 2 heterocycles. The molecule has 9 heteroatoms.